The lowest BCUT2D eigenvalue weighted by molar-refractivity contribution is -0.136. The predicted octanol–water partition coefficient (Wildman–Crippen LogP) is 1.65. The zero-order chi connectivity index (χ0) is 23.1. The first-order valence-electron chi connectivity index (χ1n) is 11.5. The number of ether oxygens (including phenoxy) is 5. The van der Waals surface area contributed by atoms with Gasteiger partial charge in [-0.05, 0) is 40.0 Å². The Kier molecular flexibility index (Phi) is 6.55. The minimum absolute atomic E-state index is 0.00198. The number of likely N-dealkylation sites (N-methyl/N-ethyl adjacent to an activating group) is 1. The first-order chi connectivity index (χ1) is 15.2. The van der Waals surface area contributed by atoms with Crippen molar-refractivity contribution >= 4 is 12.0 Å². The molecule has 2 amide bonds. The van der Waals surface area contributed by atoms with Gasteiger partial charge < -0.3 is 33.9 Å². The van der Waals surface area contributed by atoms with Crippen LogP contribution in [-0.2, 0) is 28.5 Å². The number of hydrogen-bond donors (Lipinski definition) is 1. The lowest BCUT2D eigenvalue weighted by atomic mass is 9.68. The van der Waals surface area contributed by atoms with Gasteiger partial charge in [-0.3, -0.25) is 4.79 Å². The fourth-order valence-corrected chi connectivity index (χ4v) is 5.23. The van der Waals surface area contributed by atoms with Crippen LogP contribution in [-0.4, -0.2) is 93.0 Å². The van der Waals surface area contributed by atoms with Crippen LogP contribution in [0, 0.1) is 5.92 Å². The molecule has 1 saturated carbocycles. The molecule has 3 heterocycles. The van der Waals surface area contributed by atoms with E-state index in [0.29, 0.717) is 26.1 Å². The van der Waals surface area contributed by atoms with Crippen molar-refractivity contribution in [3.8, 4) is 0 Å². The summed E-state index contributed by atoms with van der Waals surface area (Å²) in [5, 5.41) is 2.51. The average molecular weight is 453 g/mol. The zero-order valence-electron chi connectivity index (χ0n) is 19.7. The van der Waals surface area contributed by atoms with E-state index in [1.807, 2.05) is 0 Å². The Labute approximate surface area is 189 Å². The van der Waals surface area contributed by atoms with E-state index in [1.165, 1.54) is 5.57 Å². The van der Waals surface area contributed by atoms with Crippen LogP contribution >= 0.6 is 0 Å². The first kappa shape index (κ1) is 23.5. The second-order valence-electron chi connectivity index (χ2n) is 9.81. The molecule has 0 radical (unpaired) electrons. The number of allylic oxidation sites excluding steroid dienone is 1. The third kappa shape index (κ3) is 4.53. The topological polar surface area (TPSA) is 102 Å². The van der Waals surface area contributed by atoms with E-state index in [0.717, 1.165) is 12.8 Å². The second kappa shape index (κ2) is 8.93. The second-order valence-corrected chi connectivity index (χ2v) is 9.81. The van der Waals surface area contributed by atoms with Crippen molar-refractivity contribution in [2.45, 2.75) is 75.7 Å². The molecule has 3 saturated heterocycles. The largest absolute Gasteiger partial charge is 0.443 e. The molecule has 180 valence electrons. The number of rotatable bonds is 8. The quantitative estimate of drug-likeness (QED) is 0.441. The van der Waals surface area contributed by atoms with E-state index in [-0.39, 0.29) is 60.1 Å². The van der Waals surface area contributed by atoms with Gasteiger partial charge in [0.25, 0.3) is 0 Å². The summed E-state index contributed by atoms with van der Waals surface area (Å²) in [5.41, 5.74) is 0.670. The molecule has 0 aromatic carbocycles. The third-order valence-corrected chi connectivity index (χ3v) is 7.32. The number of carbonyl (C=O) groups excluding carboxylic acids is 2. The Morgan fingerprint density at radius 3 is 2.59 bits per heavy atom. The highest BCUT2D eigenvalue weighted by Crippen LogP contribution is 2.59. The molecular weight excluding hydrogens is 416 g/mol. The maximum atomic E-state index is 12.7. The van der Waals surface area contributed by atoms with Crippen molar-refractivity contribution in [1.82, 2.24) is 10.2 Å². The number of nitrogens with zero attached hydrogens (tertiary/aromatic N) is 1. The number of hydrogen-bond acceptors (Lipinski definition) is 7. The van der Waals surface area contributed by atoms with E-state index < -0.39 is 0 Å². The van der Waals surface area contributed by atoms with E-state index in [2.05, 4.69) is 32.2 Å². The van der Waals surface area contributed by atoms with Crippen LogP contribution in [0.5, 0.6) is 0 Å². The summed E-state index contributed by atoms with van der Waals surface area (Å²) in [6, 6.07) is 0. The van der Waals surface area contributed by atoms with Crippen LogP contribution in [0.15, 0.2) is 11.6 Å². The molecule has 6 atom stereocenters. The lowest BCUT2D eigenvalue weighted by Crippen LogP contribution is -2.59. The van der Waals surface area contributed by atoms with Crippen LogP contribution in [0.3, 0.4) is 0 Å². The van der Waals surface area contributed by atoms with Gasteiger partial charge in [0.2, 0.25) is 5.91 Å². The van der Waals surface area contributed by atoms with Crippen molar-refractivity contribution in [1.29, 1.82) is 0 Å². The van der Waals surface area contributed by atoms with Gasteiger partial charge in [-0.15, -0.1) is 0 Å². The summed E-state index contributed by atoms with van der Waals surface area (Å²) in [4.78, 5) is 25.6. The Hall–Kier alpha value is -1.68. The van der Waals surface area contributed by atoms with Gasteiger partial charge in [0, 0.05) is 14.2 Å². The van der Waals surface area contributed by atoms with Gasteiger partial charge in [0.15, 0.2) is 0 Å². The summed E-state index contributed by atoms with van der Waals surface area (Å²) < 4.78 is 29.5. The highest BCUT2D eigenvalue weighted by atomic mass is 16.6. The molecule has 1 aliphatic carbocycles. The molecule has 4 fully saturated rings. The smallest absolute Gasteiger partial charge is 0.410 e. The molecule has 9 heteroatoms. The van der Waals surface area contributed by atoms with E-state index >= 15 is 0 Å². The maximum Gasteiger partial charge on any atom is 0.410 e. The minimum atomic E-state index is -0.369. The monoisotopic (exact) mass is 452 g/mol. The Bertz CT molecular complexity index is 757. The summed E-state index contributed by atoms with van der Waals surface area (Å²) in [6.45, 7) is 7.83. The van der Waals surface area contributed by atoms with Crippen molar-refractivity contribution in [3.05, 3.63) is 11.6 Å². The first-order valence-corrected chi connectivity index (χ1v) is 11.5. The molecular formula is C23H36N2O7. The van der Waals surface area contributed by atoms with Crippen LogP contribution < -0.4 is 5.32 Å². The summed E-state index contributed by atoms with van der Waals surface area (Å²) in [7, 11) is 3.23. The number of carbonyl (C=O) groups is 2. The van der Waals surface area contributed by atoms with Crippen LogP contribution in [0.2, 0.25) is 0 Å². The fraction of sp³-hybridized carbons (Fsp3) is 0.826. The lowest BCUT2D eigenvalue weighted by Gasteiger charge is -2.44. The van der Waals surface area contributed by atoms with Gasteiger partial charge in [-0.2, -0.15) is 0 Å². The van der Waals surface area contributed by atoms with E-state index in [4.69, 9.17) is 23.7 Å². The van der Waals surface area contributed by atoms with Crippen molar-refractivity contribution in [2.75, 3.05) is 40.5 Å². The van der Waals surface area contributed by atoms with Gasteiger partial charge in [-0.25, -0.2) is 4.79 Å². The molecule has 1 spiro atoms. The number of likely N-dealkylation sites (tertiary alicyclic amines) is 1. The van der Waals surface area contributed by atoms with Crippen molar-refractivity contribution in [2.24, 2.45) is 5.92 Å². The molecule has 4 rings (SSSR count). The standard InChI is InChI=1S/C23H36N2O7/c1-14(2)6-7-17-22(3,32-17)20-19(28-5)16(8-9-23(20)13-30-23)31-21(27)25-10-15(11-25)29-12-18(26)24-4/h6,15-17,19-20H,7-13H2,1-5H3,(H,24,26)/t16?,17-,19?,20?,22+,23?/m1/s1. The van der Waals surface area contributed by atoms with Crippen molar-refractivity contribution < 1.29 is 33.3 Å². The average Bonchev–Trinajstić information content (AvgIpc) is 3.63. The molecule has 1 N–H and O–H groups in total. The molecule has 0 aromatic rings. The van der Waals surface area contributed by atoms with Crippen LogP contribution in [0.1, 0.15) is 40.0 Å². The van der Waals surface area contributed by atoms with Gasteiger partial charge in [-0.1, -0.05) is 11.6 Å². The van der Waals surface area contributed by atoms with Gasteiger partial charge in [0.1, 0.15) is 30.0 Å². The molecule has 9 nitrogen and oxygen atoms in total. The Morgan fingerprint density at radius 2 is 2.00 bits per heavy atom. The number of amides is 2. The van der Waals surface area contributed by atoms with Crippen molar-refractivity contribution in [3.63, 3.8) is 0 Å². The highest BCUT2D eigenvalue weighted by Gasteiger charge is 2.72. The van der Waals surface area contributed by atoms with Gasteiger partial charge >= 0.3 is 6.09 Å². The van der Waals surface area contributed by atoms with E-state index in [9.17, 15) is 9.59 Å². The Morgan fingerprint density at radius 1 is 1.28 bits per heavy atom. The predicted molar refractivity (Wildman–Crippen MR) is 115 cm³/mol. The summed E-state index contributed by atoms with van der Waals surface area (Å²) >= 11 is 0. The molecule has 4 unspecified atom stereocenters. The molecule has 3 aliphatic heterocycles. The number of epoxide rings is 2. The highest BCUT2D eigenvalue weighted by molar-refractivity contribution is 5.76. The zero-order valence-corrected chi connectivity index (χ0v) is 19.7. The SMILES string of the molecule is CNC(=O)COC1CN(C(=O)OC2CCC3(CO3)C([C@@]3(C)O[C@@H]3CC=C(C)C)C2OC)C1. The summed E-state index contributed by atoms with van der Waals surface area (Å²) in [5.74, 6) is -0.181. The maximum absolute atomic E-state index is 12.7. The number of nitrogens with one attached hydrogen (secondary N) is 1. The van der Waals surface area contributed by atoms with Crippen LogP contribution in [0.4, 0.5) is 4.79 Å². The van der Waals surface area contributed by atoms with Crippen LogP contribution in [0.25, 0.3) is 0 Å². The Balaban J connectivity index is 1.35. The fourth-order valence-electron chi connectivity index (χ4n) is 5.23. The molecule has 4 aliphatic rings. The number of methoxy groups -OCH3 is 1. The summed E-state index contributed by atoms with van der Waals surface area (Å²) in [6.07, 6.45) is 3.52. The normalized spacial score (nSPS) is 38.1. The molecule has 0 aromatic heterocycles. The minimum Gasteiger partial charge on any atom is -0.443 e. The van der Waals surface area contributed by atoms with Gasteiger partial charge in [0.05, 0.1) is 37.8 Å². The van der Waals surface area contributed by atoms with E-state index in [1.54, 1.807) is 19.1 Å². The molecule has 0 bridgehead atoms. The third-order valence-electron chi connectivity index (χ3n) is 7.32. The molecule has 32 heavy (non-hydrogen) atoms.